The van der Waals surface area contributed by atoms with Gasteiger partial charge in [0, 0.05) is 6.42 Å². The maximum absolute atomic E-state index is 13.8. The van der Waals surface area contributed by atoms with Gasteiger partial charge in [-0.25, -0.2) is 4.79 Å². The highest BCUT2D eigenvalue weighted by Gasteiger charge is 2.51. The minimum absolute atomic E-state index is 0.0300. The number of allylic oxidation sites excluding steroid dienone is 2. The van der Waals surface area contributed by atoms with Crippen LogP contribution in [0.4, 0.5) is 22.0 Å². The van der Waals surface area contributed by atoms with Crippen LogP contribution in [0, 0.1) is 0 Å². The molecule has 1 atom stereocenters. The number of hydrogen-bond donors (Lipinski definition) is 1. The smallest absolute Gasteiger partial charge is 0.480 e. The fraction of sp³-hybridized carbons (Fsp3) is 0.727. The van der Waals surface area contributed by atoms with Gasteiger partial charge in [0.15, 0.2) is 5.76 Å². The molecule has 0 heterocycles. The van der Waals surface area contributed by atoms with E-state index >= 15 is 0 Å². The molecule has 0 fully saturated rings. The Labute approximate surface area is 128 Å². The van der Waals surface area contributed by atoms with Crippen LogP contribution in [0.3, 0.4) is 0 Å². The van der Waals surface area contributed by atoms with E-state index in [-0.39, 0.29) is 19.3 Å². The zero-order chi connectivity index (χ0) is 17.9. The molecule has 23 heavy (non-hydrogen) atoms. The Bertz CT molecular complexity index is 568. The third-order valence-corrected chi connectivity index (χ3v) is 3.85. The topological polar surface area (TPSA) is 89.9 Å². The molecule has 0 aromatic rings. The number of rotatable bonds is 5. The van der Waals surface area contributed by atoms with Crippen LogP contribution in [-0.2, 0) is 23.8 Å². The second kappa shape index (κ2) is 6.99. The predicted molar refractivity (Wildman–Crippen MR) is 64.9 cm³/mol. The average molecular weight is 368 g/mol. The van der Waals surface area contributed by atoms with Crippen molar-refractivity contribution in [2.75, 3.05) is 6.61 Å². The van der Waals surface area contributed by atoms with E-state index in [0.717, 1.165) is 0 Å². The lowest BCUT2D eigenvalue weighted by atomic mass is 9.99. The monoisotopic (exact) mass is 368 g/mol. The Morgan fingerprint density at radius 1 is 1.35 bits per heavy atom. The summed E-state index contributed by atoms with van der Waals surface area (Å²) >= 11 is 0. The molecule has 0 aromatic carbocycles. The zero-order valence-corrected chi connectivity index (χ0v) is 12.3. The minimum atomic E-state index is -6.19. The van der Waals surface area contributed by atoms with Crippen LogP contribution in [0.25, 0.3) is 0 Å². The molecular weight excluding hydrogens is 355 g/mol. The zero-order valence-electron chi connectivity index (χ0n) is 11.5. The molecule has 0 radical (unpaired) electrons. The summed E-state index contributed by atoms with van der Waals surface area (Å²) in [6.07, 6.45) is -1.94. The van der Waals surface area contributed by atoms with Gasteiger partial charge in [0.05, 0.1) is 6.10 Å². The van der Waals surface area contributed by atoms with Gasteiger partial charge >= 0.3 is 27.5 Å². The molecule has 0 saturated heterocycles. The standard InChI is InChI=1S/C11H13F5O6S/c12-10(13)5-4-7(21-6-9(17)18)2-1-3-8(10)22-23(19,20)11(14,15)16/h3,7H,1-2,4-6H2,(H,17,18). The first-order chi connectivity index (χ1) is 10.3. The van der Waals surface area contributed by atoms with E-state index in [2.05, 4.69) is 4.18 Å². The van der Waals surface area contributed by atoms with Gasteiger partial charge in [0.2, 0.25) is 0 Å². The third-order valence-electron chi connectivity index (χ3n) is 2.88. The number of ether oxygens (including phenoxy) is 1. The second-order valence-electron chi connectivity index (χ2n) is 4.70. The summed E-state index contributed by atoms with van der Waals surface area (Å²) in [5.41, 5.74) is -5.82. The quantitative estimate of drug-likeness (QED) is 0.455. The molecule has 0 aliphatic heterocycles. The largest absolute Gasteiger partial charge is 0.534 e. The van der Waals surface area contributed by atoms with E-state index in [1.54, 1.807) is 0 Å². The molecule has 1 aliphatic rings. The molecule has 0 spiro atoms. The van der Waals surface area contributed by atoms with Gasteiger partial charge in [-0.2, -0.15) is 30.4 Å². The maximum Gasteiger partial charge on any atom is 0.534 e. The summed E-state index contributed by atoms with van der Waals surface area (Å²) in [4.78, 5) is 10.3. The van der Waals surface area contributed by atoms with Crippen molar-refractivity contribution >= 4 is 16.1 Å². The van der Waals surface area contributed by atoms with Gasteiger partial charge in [-0.1, -0.05) is 0 Å². The first kappa shape index (κ1) is 19.6. The fourth-order valence-electron chi connectivity index (χ4n) is 1.78. The molecule has 6 nitrogen and oxygen atoms in total. The van der Waals surface area contributed by atoms with Crippen molar-refractivity contribution in [3.63, 3.8) is 0 Å². The number of alkyl halides is 5. The predicted octanol–water partition coefficient (Wildman–Crippen LogP) is 2.42. The summed E-state index contributed by atoms with van der Waals surface area (Å²) in [6, 6.07) is 0. The number of carboxylic acid groups (broad SMARTS) is 1. The Hall–Kier alpha value is -1.43. The van der Waals surface area contributed by atoms with Gasteiger partial charge in [-0.15, -0.1) is 0 Å². The van der Waals surface area contributed by atoms with Crippen LogP contribution >= 0.6 is 0 Å². The van der Waals surface area contributed by atoms with Crippen LogP contribution in [-0.4, -0.2) is 43.6 Å². The van der Waals surface area contributed by atoms with Crippen LogP contribution in [0.5, 0.6) is 0 Å². The molecule has 1 N–H and O–H groups in total. The number of carbonyl (C=O) groups is 1. The van der Waals surface area contributed by atoms with Gasteiger partial charge in [0.1, 0.15) is 6.61 Å². The van der Waals surface area contributed by atoms with Crippen molar-refractivity contribution in [2.24, 2.45) is 0 Å². The molecule has 12 heteroatoms. The first-order valence-corrected chi connectivity index (χ1v) is 7.68. The van der Waals surface area contributed by atoms with Crippen molar-refractivity contribution in [3.8, 4) is 0 Å². The van der Waals surface area contributed by atoms with Crippen molar-refractivity contribution in [1.29, 1.82) is 0 Å². The van der Waals surface area contributed by atoms with Crippen molar-refractivity contribution in [2.45, 2.75) is 43.2 Å². The Balaban J connectivity index is 2.86. The SMILES string of the molecule is O=C(O)COC1CCC=C(OS(=O)(=O)C(F)(F)F)C(F)(F)CC1. The van der Waals surface area contributed by atoms with Gasteiger partial charge < -0.3 is 14.0 Å². The molecule has 0 saturated carbocycles. The Kier molecular flexibility index (Phi) is 5.96. The first-order valence-electron chi connectivity index (χ1n) is 6.28. The highest BCUT2D eigenvalue weighted by atomic mass is 32.2. The van der Waals surface area contributed by atoms with E-state index in [0.29, 0.717) is 6.08 Å². The fourth-order valence-corrected chi connectivity index (χ4v) is 2.30. The van der Waals surface area contributed by atoms with Gasteiger partial charge in [-0.3, -0.25) is 0 Å². The Morgan fingerprint density at radius 3 is 2.48 bits per heavy atom. The molecule has 0 aromatic heterocycles. The summed E-state index contributed by atoms with van der Waals surface area (Å²) < 4.78 is 94.3. The highest BCUT2D eigenvalue weighted by Crippen LogP contribution is 2.37. The molecule has 1 rings (SSSR count). The van der Waals surface area contributed by atoms with Crippen LogP contribution in [0.15, 0.2) is 11.8 Å². The van der Waals surface area contributed by atoms with E-state index in [4.69, 9.17) is 9.84 Å². The number of carboxylic acids is 1. The lowest BCUT2D eigenvalue weighted by molar-refractivity contribution is -0.145. The van der Waals surface area contributed by atoms with Crippen molar-refractivity contribution in [3.05, 3.63) is 11.8 Å². The summed E-state index contributed by atoms with van der Waals surface area (Å²) in [7, 11) is -6.19. The maximum atomic E-state index is 13.8. The number of hydrogen-bond acceptors (Lipinski definition) is 5. The van der Waals surface area contributed by atoms with Gasteiger partial charge in [-0.05, 0) is 25.3 Å². The van der Waals surface area contributed by atoms with Crippen LogP contribution in [0.2, 0.25) is 0 Å². The number of aliphatic carboxylic acids is 1. The number of halogens is 5. The van der Waals surface area contributed by atoms with E-state index in [1.807, 2.05) is 0 Å². The van der Waals surface area contributed by atoms with E-state index in [9.17, 15) is 35.2 Å². The third kappa shape index (κ3) is 5.61. The highest BCUT2D eigenvalue weighted by molar-refractivity contribution is 7.87. The van der Waals surface area contributed by atoms with Crippen LogP contribution < -0.4 is 0 Å². The average Bonchev–Trinajstić information content (AvgIpc) is 2.36. The molecule has 134 valence electrons. The van der Waals surface area contributed by atoms with Crippen molar-refractivity contribution < 1.29 is 49.2 Å². The molecule has 1 unspecified atom stereocenters. The lowest BCUT2D eigenvalue weighted by Crippen LogP contribution is -2.32. The van der Waals surface area contributed by atoms with Gasteiger partial charge in [0.25, 0.3) is 0 Å². The molecule has 1 aliphatic carbocycles. The summed E-state index contributed by atoms with van der Waals surface area (Å²) in [5, 5.41) is 8.44. The normalized spacial score (nSPS) is 22.7. The lowest BCUT2D eigenvalue weighted by Gasteiger charge is -2.25. The Morgan fingerprint density at radius 2 is 1.96 bits per heavy atom. The summed E-state index contributed by atoms with van der Waals surface area (Å²) in [6.45, 7) is -0.703. The summed E-state index contributed by atoms with van der Waals surface area (Å²) in [5.74, 6) is -6.84. The molecular formula is C11H13F5O6S. The van der Waals surface area contributed by atoms with Crippen LogP contribution in [0.1, 0.15) is 25.7 Å². The van der Waals surface area contributed by atoms with E-state index in [1.165, 1.54) is 0 Å². The molecule has 0 amide bonds. The second-order valence-corrected chi connectivity index (χ2v) is 6.24. The van der Waals surface area contributed by atoms with Crippen molar-refractivity contribution in [1.82, 2.24) is 0 Å². The molecule has 0 bridgehead atoms. The van der Waals surface area contributed by atoms with E-state index < -0.39 is 52.4 Å². The minimum Gasteiger partial charge on any atom is -0.480 e.